The lowest BCUT2D eigenvalue weighted by atomic mass is 9.73. The first-order chi connectivity index (χ1) is 16.2. The van der Waals surface area contributed by atoms with Crippen LogP contribution in [0.4, 0.5) is 5.69 Å². The molecule has 4 rings (SSSR count). The lowest BCUT2D eigenvalue weighted by Gasteiger charge is -2.36. The maximum Gasteiger partial charge on any atom is 0.235 e. The highest BCUT2D eigenvalue weighted by atomic mass is 16.5. The minimum Gasteiger partial charge on any atom is -0.494 e. The molecule has 0 aliphatic carbocycles. The number of aryl methyl sites for hydroxylation is 1. The standard InChI is InChI=1S/C28H38N2O3/c1-23-8-6-9-24(22-23)28(14-20-32-21-15-28)27(31)29-25-10-12-26(13-11-25)33-19-7-18-30-16-4-2-3-5-17-30/h6,8-13,22H,2-5,7,14-21H2,1H3,(H,29,31). The summed E-state index contributed by atoms with van der Waals surface area (Å²) >= 11 is 0. The molecule has 2 fully saturated rings. The average molecular weight is 451 g/mol. The van der Waals surface area contributed by atoms with Crippen LogP contribution in [0.3, 0.4) is 0 Å². The number of nitrogens with zero attached hydrogens (tertiary/aromatic N) is 1. The topological polar surface area (TPSA) is 50.8 Å². The van der Waals surface area contributed by atoms with Crippen molar-refractivity contribution in [2.75, 3.05) is 44.8 Å². The number of nitrogens with one attached hydrogen (secondary N) is 1. The van der Waals surface area contributed by atoms with Crippen LogP contribution in [0.1, 0.15) is 56.1 Å². The van der Waals surface area contributed by atoms with Crippen LogP contribution in [0.5, 0.6) is 5.75 Å². The van der Waals surface area contributed by atoms with Gasteiger partial charge in [0.1, 0.15) is 5.75 Å². The fourth-order valence-electron chi connectivity index (χ4n) is 5.03. The van der Waals surface area contributed by atoms with Gasteiger partial charge < -0.3 is 19.7 Å². The zero-order valence-corrected chi connectivity index (χ0v) is 20.0. The third kappa shape index (κ3) is 6.36. The maximum absolute atomic E-state index is 13.5. The Bertz CT molecular complexity index is 882. The molecule has 1 amide bonds. The van der Waals surface area contributed by atoms with Gasteiger partial charge in [-0.1, -0.05) is 42.7 Å². The van der Waals surface area contributed by atoms with Crippen molar-refractivity contribution in [3.8, 4) is 5.75 Å². The third-order valence-corrected chi connectivity index (χ3v) is 7.05. The summed E-state index contributed by atoms with van der Waals surface area (Å²) in [5, 5.41) is 3.16. The largest absolute Gasteiger partial charge is 0.494 e. The molecule has 5 nitrogen and oxygen atoms in total. The van der Waals surface area contributed by atoms with Crippen molar-refractivity contribution < 1.29 is 14.3 Å². The molecule has 0 aromatic heterocycles. The Hall–Kier alpha value is -2.37. The SMILES string of the molecule is Cc1cccc(C2(C(=O)Nc3ccc(OCCCN4CCCCCC4)cc3)CCOCC2)c1. The quantitative estimate of drug-likeness (QED) is 0.553. The van der Waals surface area contributed by atoms with E-state index in [0.29, 0.717) is 26.1 Å². The highest BCUT2D eigenvalue weighted by Crippen LogP contribution is 2.36. The molecule has 2 heterocycles. The van der Waals surface area contributed by atoms with Gasteiger partial charge in [0.15, 0.2) is 0 Å². The fraction of sp³-hybridized carbons (Fsp3) is 0.536. The number of hydrogen-bond acceptors (Lipinski definition) is 4. The normalized spacial score (nSPS) is 18.9. The molecule has 2 aromatic rings. The molecule has 0 atom stereocenters. The van der Waals surface area contributed by atoms with Crippen LogP contribution in [0, 0.1) is 6.92 Å². The third-order valence-electron chi connectivity index (χ3n) is 7.05. The van der Waals surface area contributed by atoms with E-state index in [0.717, 1.165) is 36.6 Å². The van der Waals surface area contributed by atoms with Crippen LogP contribution in [0.15, 0.2) is 48.5 Å². The van der Waals surface area contributed by atoms with Gasteiger partial charge in [0, 0.05) is 25.4 Å². The van der Waals surface area contributed by atoms with E-state index in [4.69, 9.17) is 9.47 Å². The second-order valence-corrected chi connectivity index (χ2v) is 9.50. The van der Waals surface area contributed by atoms with Crippen molar-refractivity contribution in [3.05, 3.63) is 59.7 Å². The van der Waals surface area contributed by atoms with Crippen molar-refractivity contribution in [1.82, 2.24) is 4.90 Å². The molecule has 2 saturated heterocycles. The average Bonchev–Trinajstić information content (AvgIpc) is 3.12. The molecule has 1 N–H and O–H groups in total. The number of ether oxygens (including phenoxy) is 2. The second kappa shape index (κ2) is 11.7. The number of carbonyl (C=O) groups excluding carboxylic acids is 1. The molecule has 0 spiro atoms. The predicted molar refractivity (Wildman–Crippen MR) is 133 cm³/mol. The highest BCUT2D eigenvalue weighted by Gasteiger charge is 2.41. The molecule has 178 valence electrons. The van der Waals surface area contributed by atoms with Crippen LogP contribution < -0.4 is 10.1 Å². The predicted octanol–water partition coefficient (Wildman–Crippen LogP) is 5.33. The molecular formula is C28H38N2O3. The van der Waals surface area contributed by atoms with Gasteiger partial charge in [-0.25, -0.2) is 0 Å². The highest BCUT2D eigenvalue weighted by molar-refractivity contribution is 5.99. The molecule has 0 saturated carbocycles. The summed E-state index contributed by atoms with van der Waals surface area (Å²) in [6, 6.07) is 16.1. The van der Waals surface area contributed by atoms with E-state index >= 15 is 0 Å². The maximum atomic E-state index is 13.5. The van der Waals surface area contributed by atoms with Gasteiger partial charge in [-0.05, 0) is 81.9 Å². The van der Waals surface area contributed by atoms with Crippen molar-refractivity contribution in [2.24, 2.45) is 0 Å². The first-order valence-corrected chi connectivity index (χ1v) is 12.6. The van der Waals surface area contributed by atoms with Crippen LogP contribution in [-0.4, -0.2) is 50.3 Å². The molecular weight excluding hydrogens is 412 g/mol. The monoisotopic (exact) mass is 450 g/mol. The van der Waals surface area contributed by atoms with E-state index in [1.54, 1.807) is 0 Å². The smallest absolute Gasteiger partial charge is 0.235 e. The molecule has 0 bridgehead atoms. The van der Waals surface area contributed by atoms with Crippen molar-refractivity contribution in [3.63, 3.8) is 0 Å². The van der Waals surface area contributed by atoms with Crippen LogP contribution in [0.2, 0.25) is 0 Å². The van der Waals surface area contributed by atoms with Gasteiger partial charge >= 0.3 is 0 Å². The van der Waals surface area contributed by atoms with Crippen LogP contribution in [-0.2, 0) is 14.9 Å². The first-order valence-electron chi connectivity index (χ1n) is 12.6. The second-order valence-electron chi connectivity index (χ2n) is 9.50. The Morgan fingerprint density at radius 1 is 1.03 bits per heavy atom. The number of likely N-dealkylation sites (tertiary alicyclic amines) is 1. The van der Waals surface area contributed by atoms with E-state index in [2.05, 4.69) is 35.3 Å². The van der Waals surface area contributed by atoms with E-state index in [9.17, 15) is 4.79 Å². The van der Waals surface area contributed by atoms with E-state index in [-0.39, 0.29) is 5.91 Å². The van der Waals surface area contributed by atoms with Gasteiger partial charge in [0.2, 0.25) is 5.91 Å². The summed E-state index contributed by atoms with van der Waals surface area (Å²) in [4.78, 5) is 16.0. The number of hydrogen-bond donors (Lipinski definition) is 1. The first kappa shape index (κ1) is 23.8. The molecule has 2 aliphatic heterocycles. The Morgan fingerprint density at radius 3 is 2.45 bits per heavy atom. The van der Waals surface area contributed by atoms with E-state index < -0.39 is 5.41 Å². The Kier molecular flexibility index (Phi) is 8.40. The van der Waals surface area contributed by atoms with Gasteiger partial charge in [-0.3, -0.25) is 4.79 Å². The van der Waals surface area contributed by atoms with E-state index in [1.165, 1.54) is 44.3 Å². The number of anilines is 1. The minimum absolute atomic E-state index is 0.0440. The van der Waals surface area contributed by atoms with Crippen LogP contribution in [0.25, 0.3) is 0 Å². The Morgan fingerprint density at radius 2 is 1.76 bits per heavy atom. The van der Waals surface area contributed by atoms with Crippen LogP contribution >= 0.6 is 0 Å². The molecule has 5 heteroatoms. The molecule has 0 radical (unpaired) electrons. The zero-order valence-electron chi connectivity index (χ0n) is 20.0. The Balaban J connectivity index is 1.31. The summed E-state index contributed by atoms with van der Waals surface area (Å²) in [7, 11) is 0. The van der Waals surface area contributed by atoms with Gasteiger partial charge in [0.25, 0.3) is 0 Å². The Labute approximate surface area is 198 Å². The molecule has 2 aromatic carbocycles. The number of carbonyl (C=O) groups is 1. The summed E-state index contributed by atoms with van der Waals surface area (Å²) < 4.78 is 11.5. The lowest BCUT2D eigenvalue weighted by molar-refractivity contribution is -0.125. The molecule has 0 unspecified atom stereocenters. The van der Waals surface area contributed by atoms with Crippen molar-refractivity contribution in [1.29, 1.82) is 0 Å². The number of amides is 1. The van der Waals surface area contributed by atoms with Gasteiger partial charge in [-0.15, -0.1) is 0 Å². The van der Waals surface area contributed by atoms with Crippen molar-refractivity contribution in [2.45, 2.75) is 57.3 Å². The fourth-order valence-corrected chi connectivity index (χ4v) is 5.03. The van der Waals surface area contributed by atoms with E-state index in [1.807, 2.05) is 30.3 Å². The molecule has 33 heavy (non-hydrogen) atoms. The summed E-state index contributed by atoms with van der Waals surface area (Å²) in [5.74, 6) is 0.894. The van der Waals surface area contributed by atoms with Gasteiger partial charge in [0.05, 0.1) is 12.0 Å². The number of benzene rings is 2. The lowest BCUT2D eigenvalue weighted by Crippen LogP contribution is -2.44. The van der Waals surface area contributed by atoms with Crippen molar-refractivity contribution >= 4 is 11.6 Å². The minimum atomic E-state index is -0.549. The zero-order chi connectivity index (χ0) is 22.9. The molecule has 2 aliphatic rings. The summed E-state index contributed by atoms with van der Waals surface area (Å²) in [6.07, 6.45) is 7.82. The van der Waals surface area contributed by atoms with Gasteiger partial charge in [-0.2, -0.15) is 0 Å². The number of rotatable bonds is 8. The summed E-state index contributed by atoms with van der Waals surface area (Å²) in [5.41, 5.74) is 2.50. The summed E-state index contributed by atoms with van der Waals surface area (Å²) in [6.45, 7) is 7.56.